The molecule has 0 aliphatic rings. The molecule has 0 bridgehead atoms. The van der Waals surface area contributed by atoms with Crippen LogP contribution in [0.1, 0.15) is 16.3 Å². The molecule has 8 heteroatoms. The lowest BCUT2D eigenvalue weighted by Gasteiger charge is -1.94. The molecule has 100 valence electrons. The van der Waals surface area contributed by atoms with Crippen molar-refractivity contribution >= 4 is 34.2 Å². The molecule has 0 spiro atoms. The second kappa shape index (κ2) is 6.39. The largest absolute Gasteiger partial charge is 0.475 e. The molecular formula is C11H11N3O3S2. The van der Waals surface area contributed by atoms with Gasteiger partial charge in [-0.2, -0.15) is 0 Å². The standard InChI is InChI=1S/C11H11N3O3S2/c1-2-5-12-10-13-14-11(19-10)18-6-7-3-4-8(17-7)9(15)16/h2-4H,1,5-6H2,(H,12,13)(H,15,16). The lowest BCUT2D eigenvalue weighted by atomic mass is 10.4. The molecule has 2 aromatic rings. The summed E-state index contributed by atoms with van der Waals surface area (Å²) in [6.45, 7) is 4.24. The van der Waals surface area contributed by atoms with E-state index in [0.29, 0.717) is 18.1 Å². The van der Waals surface area contributed by atoms with Crippen LogP contribution < -0.4 is 5.32 Å². The molecule has 0 aromatic carbocycles. The molecule has 0 amide bonds. The number of nitrogens with zero attached hydrogens (tertiary/aromatic N) is 2. The summed E-state index contributed by atoms with van der Waals surface area (Å²) in [5, 5.41) is 20.5. The van der Waals surface area contributed by atoms with E-state index in [2.05, 4.69) is 22.1 Å². The average Bonchev–Trinajstić information content (AvgIpc) is 3.03. The molecule has 19 heavy (non-hydrogen) atoms. The van der Waals surface area contributed by atoms with Gasteiger partial charge in [-0.05, 0) is 12.1 Å². The summed E-state index contributed by atoms with van der Waals surface area (Å²) >= 11 is 2.87. The number of hydrogen-bond donors (Lipinski definition) is 2. The van der Waals surface area contributed by atoms with E-state index in [1.807, 2.05) is 0 Å². The number of carbonyl (C=O) groups is 1. The van der Waals surface area contributed by atoms with Gasteiger partial charge in [0.15, 0.2) is 4.34 Å². The molecule has 0 aliphatic heterocycles. The molecule has 0 fully saturated rings. The molecule has 0 atom stereocenters. The van der Waals surface area contributed by atoms with Crippen molar-refractivity contribution in [2.24, 2.45) is 0 Å². The van der Waals surface area contributed by atoms with E-state index >= 15 is 0 Å². The molecule has 2 rings (SSSR count). The molecule has 2 heterocycles. The van der Waals surface area contributed by atoms with Crippen molar-refractivity contribution in [1.29, 1.82) is 0 Å². The van der Waals surface area contributed by atoms with E-state index < -0.39 is 5.97 Å². The Morgan fingerprint density at radius 3 is 3.11 bits per heavy atom. The normalized spacial score (nSPS) is 10.3. The molecule has 0 saturated heterocycles. The second-order valence-electron chi connectivity index (χ2n) is 3.40. The van der Waals surface area contributed by atoms with E-state index in [1.54, 1.807) is 12.1 Å². The number of aromatic nitrogens is 2. The first-order valence-corrected chi connectivity index (χ1v) is 7.12. The molecule has 2 N–H and O–H groups in total. The van der Waals surface area contributed by atoms with Crippen LogP contribution in [0, 0.1) is 0 Å². The minimum absolute atomic E-state index is 0.0544. The van der Waals surface area contributed by atoms with Gasteiger partial charge in [-0.25, -0.2) is 4.79 Å². The third-order valence-corrected chi connectivity index (χ3v) is 4.05. The number of hydrogen-bond acceptors (Lipinski definition) is 7. The van der Waals surface area contributed by atoms with Gasteiger partial charge in [-0.3, -0.25) is 0 Å². The Morgan fingerprint density at radius 2 is 2.42 bits per heavy atom. The lowest BCUT2D eigenvalue weighted by molar-refractivity contribution is 0.0661. The predicted molar refractivity (Wildman–Crippen MR) is 73.8 cm³/mol. The van der Waals surface area contributed by atoms with Gasteiger partial charge >= 0.3 is 5.97 Å². The van der Waals surface area contributed by atoms with Crippen molar-refractivity contribution in [3.8, 4) is 0 Å². The monoisotopic (exact) mass is 297 g/mol. The van der Waals surface area contributed by atoms with E-state index in [0.717, 1.165) is 9.47 Å². The Labute approximate surface area is 117 Å². The zero-order valence-electron chi connectivity index (χ0n) is 9.83. The summed E-state index contributed by atoms with van der Waals surface area (Å²) in [6.07, 6.45) is 1.74. The maximum atomic E-state index is 10.7. The highest BCUT2D eigenvalue weighted by Gasteiger charge is 2.10. The van der Waals surface area contributed by atoms with Crippen molar-refractivity contribution < 1.29 is 14.3 Å². The van der Waals surface area contributed by atoms with Gasteiger partial charge in [0, 0.05) is 6.54 Å². The molecule has 0 aliphatic carbocycles. The number of carboxylic acid groups (broad SMARTS) is 1. The quantitative estimate of drug-likeness (QED) is 0.600. The van der Waals surface area contributed by atoms with Crippen LogP contribution in [0.15, 0.2) is 33.5 Å². The van der Waals surface area contributed by atoms with Crippen LogP contribution in [0.4, 0.5) is 5.13 Å². The van der Waals surface area contributed by atoms with E-state index in [9.17, 15) is 4.79 Å². The van der Waals surface area contributed by atoms with Crippen molar-refractivity contribution in [2.45, 2.75) is 10.1 Å². The van der Waals surface area contributed by atoms with Gasteiger partial charge in [-0.1, -0.05) is 29.2 Å². The van der Waals surface area contributed by atoms with E-state index in [1.165, 1.54) is 29.2 Å². The number of furan rings is 1. The van der Waals surface area contributed by atoms with Crippen molar-refractivity contribution in [3.05, 3.63) is 36.3 Å². The molecule has 0 unspecified atom stereocenters. The Bertz CT molecular complexity index is 579. The number of carboxylic acids is 1. The van der Waals surface area contributed by atoms with Gasteiger partial charge in [0.1, 0.15) is 5.76 Å². The summed E-state index contributed by atoms with van der Waals surface area (Å²) in [5.41, 5.74) is 0. The fraction of sp³-hybridized carbons (Fsp3) is 0.182. The highest BCUT2D eigenvalue weighted by atomic mass is 32.2. The highest BCUT2D eigenvalue weighted by Crippen LogP contribution is 2.28. The van der Waals surface area contributed by atoms with Gasteiger partial charge in [-0.15, -0.1) is 16.8 Å². The minimum atomic E-state index is -1.07. The Hall–Kier alpha value is -1.80. The first-order valence-electron chi connectivity index (χ1n) is 5.32. The highest BCUT2D eigenvalue weighted by molar-refractivity contribution is 8.00. The summed E-state index contributed by atoms with van der Waals surface area (Å²) in [5.74, 6) is -0.00825. The smallest absolute Gasteiger partial charge is 0.371 e. The molecule has 0 radical (unpaired) electrons. The Kier molecular flexibility index (Phi) is 4.58. The van der Waals surface area contributed by atoms with Crippen LogP contribution in [0.3, 0.4) is 0 Å². The molecule has 0 saturated carbocycles. The zero-order valence-corrected chi connectivity index (χ0v) is 11.5. The fourth-order valence-corrected chi connectivity index (χ4v) is 2.86. The van der Waals surface area contributed by atoms with E-state index in [4.69, 9.17) is 9.52 Å². The lowest BCUT2D eigenvalue weighted by Crippen LogP contribution is -1.96. The average molecular weight is 297 g/mol. The minimum Gasteiger partial charge on any atom is -0.475 e. The van der Waals surface area contributed by atoms with Crippen molar-refractivity contribution in [2.75, 3.05) is 11.9 Å². The zero-order chi connectivity index (χ0) is 13.7. The van der Waals surface area contributed by atoms with Crippen molar-refractivity contribution in [1.82, 2.24) is 10.2 Å². The SMILES string of the molecule is C=CCNc1nnc(SCc2ccc(C(=O)O)o2)s1. The summed E-state index contributed by atoms with van der Waals surface area (Å²) < 4.78 is 5.94. The fourth-order valence-electron chi connectivity index (χ4n) is 1.20. The van der Waals surface area contributed by atoms with Crippen molar-refractivity contribution in [3.63, 3.8) is 0 Å². The van der Waals surface area contributed by atoms with Gasteiger partial charge in [0.05, 0.1) is 5.75 Å². The molecule has 2 aromatic heterocycles. The number of aromatic carboxylic acids is 1. The topological polar surface area (TPSA) is 88.2 Å². The second-order valence-corrected chi connectivity index (χ2v) is 5.60. The number of thioether (sulfide) groups is 1. The van der Waals surface area contributed by atoms with E-state index in [-0.39, 0.29) is 5.76 Å². The Morgan fingerprint density at radius 1 is 1.58 bits per heavy atom. The summed E-state index contributed by atoms with van der Waals surface area (Å²) in [7, 11) is 0. The molecule has 6 nitrogen and oxygen atoms in total. The summed E-state index contributed by atoms with van der Waals surface area (Å²) in [6, 6.07) is 3.09. The summed E-state index contributed by atoms with van der Waals surface area (Å²) in [4.78, 5) is 10.7. The maximum Gasteiger partial charge on any atom is 0.371 e. The first-order chi connectivity index (χ1) is 9.19. The van der Waals surface area contributed by atoms with Gasteiger partial charge in [0.2, 0.25) is 10.9 Å². The van der Waals surface area contributed by atoms with Crippen LogP contribution in [-0.4, -0.2) is 27.8 Å². The maximum absolute atomic E-state index is 10.7. The van der Waals surface area contributed by atoms with Crippen LogP contribution >= 0.6 is 23.1 Å². The number of rotatable bonds is 7. The first kappa shape index (κ1) is 13.6. The third-order valence-electron chi connectivity index (χ3n) is 2.01. The molecular weight excluding hydrogens is 286 g/mol. The predicted octanol–water partition coefficient (Wildman–Crippen LogP) is 2.72. The van der Waals surface area contributed by atoms with Crippen LogP contribution in [0.2, 0.25) is 0 Å². The van der Waals surface area contributed by atoms with Crippen LogP contribution in [-0.2, 0) is 5.75 Å². The van der Waals surface area contributed by atoms with Gasteiger partial charge < -0.3 is 14.8 Å². The number of nitrogens with one attached hydrogen (secondary N) is 1. The Balaban J connectivity index is 1.88. The third kappa shape index (κ3) is 3.83. The van der Waals surface area contributed by atoms with Crippen LogP contribution in [0.25, 0.3) is 0 Å². The number of anilines is 1. The van der Waals surface area contributed by atoms with Gasteiger partial charge in [0.25, 0.3) is 0 Å². The van der Waals surface area contributed by atoms with Crippen LogP contribution in [0.5, 0.6) is 0 Å².